The zero-order valence-corrected chi connectivity index (χ0v) is 16.4. The van der Waals surface area contributed by atoms with E-state index in [-0.39, 0.29) is 17.7 Å². The summed E-state index contributed by atoms with van der Waals surface area (Å²) in [6, 6.07) is 12.3. The predicted octanol–water partition coefficient (Wildman–Crippen LogP) is 4.29. The van der Waals surface area contributed by atoms with E-state index in [1.807, 2.05) is 35.0 Å². The lowest BCUT2D eigenvalue weighted by molar-refractivity contribution is -0.127. The summed E-state index contributed by atoms with van der Waals surface area (Å²) in [4.78, 5) is 17.7. The lowest BCUT2D eigenvalue weighted by Gasteiger charge is -2.27. The molecule has 0 radical (unpaired) electrons. The van der Waals surface area contributed by atoms with Crippen molar-refractivity contribution in [2.75, 3.05) is 6.54 Å². The van der Waals surface area contributed by atoms with Crippen LogP contribution in [0.4, 0.5) is 0 Å². The molecule has 3 aromatic rings. The fourth-order valence-corrected chi connectivity index (χ4v) is 5.63. The zero-order chi connectivity index (χ0) is 18.9. The van der Waals surface area contributed by atoms with Crippen LogP contribution in [-0.4, -0.2) is 22.6 Å². The molecule has 6 heteroatoms. The molecular formula is C22H23N3O2S. The van der Waals surface area contributed by atoms with Crippen molar-refractivity contribution in [1.29, 1.82) is 0 Å². The number of hydrogen-bond donors (Lipinski definition) is 1. The molecular weight excluding hydrogens is 370 g/mol. The SMILES string of the molecule is O=C(NCCc1ccccc1)[C@H]1[C@H]2CC[C@H](C2)[C@@H]1c1nc(-c2ccsc2)no1. The van der Waals surface area contributed by atoms with Gasteiger partial charge in [-0.1, -0.05) is 35.5 Å². The normalized spacial score (nSPS) is 25.9. The fourth-order valence-electron chi connectivity index (χ4n) is 5.00. The number of carbonyl (C=O) groups excluding carboxylic acids is 1. The molecule has 1 aromatic carbocycles. The van der Waals surface area contributed by atoms with Gasteiger partial charge in [0.2, 0.25) is 17.6 Å². The topological polar surface area (TPSA) is 68.0 Å². The zero-order valence-electron chi connectivity index (χ0n) is 15.6. The van der Waals surface area contributed by atoms with Crippen LogP contribution in [-0.2, 0) is 11.2 Å². The maximum absolute atomic E-state index is 13.0. The van der Waals surface area contributed by atoms with E-state index in [1.165, 1.54) is 5.56 Å². The summed E-state index contributed by atoms with van der Waals surface area (Å²) in [6.07, 6.45) is 4.22. The van der Waals surface area contributed by atoms with E-state index < -0.39 is 0 Å². The molecule has 2 aliphatic rings. The summed E-state index contributed by atoms with van der Waals surface area (Å²) in [7, 11) is 0. The Morgan fingerprint density at radius 2 is 2.04 bits per heavy atom. The Balaban J connectivity index is 1.29. The molecule has 1 N–H and O–H groups in total. The van der Waals surface area contributed by atoms with Crippen LogP contribution >= 0.6 is 11.3 Å². The fraction of sp³-hybridized carbons (Fsp3) is 0.409. The monoisotopic (exact) mass is 393 g/mol. The van der Waals surface area contributed by atoms with Crippen molar-refractivity contribution in [1.82, 2.24) is 15.5 Å². The third-order valence-electron chi connectivity index (χ3n) is 6.28. The predicted molar refractivity (Wildman–Crippen MR) is 108 cm³/mol. The van der Waals surface area contributed by atoms with Crippen molar-refractivity contribution in [2.45, 2.75) is 31.6 Å². The first-order chi connectivity index (χ1) is 13.8. The van der Waals surface area contributed by atoms with Gasteiger partial charge in [-0.05, 0) is 54.5 Å². The second-order valence-electron chi connectivity index (χ2n) is 7.88. The number of fused-ring (bicyclic) bond motifs is 2. The van der Waals surface area contributed by atoms with Gasteiger partial charge in [0.25, 0.3) is 0 Å². The first kappa shape index (κ1) is 17.6. The second kappa shape index (κ2) is 7.51. The number of rotatable bonds is 6. The number of amides is 1. The van der Waals surface area contributed by atoms with Crippen LogP contribution < -0.4 is 5.32 Å². The Kier molecular flexibility index (Phi) is 4.72. The molecule has 144 valence electrons. The van der Waals surface area contributed by atoms with Crippen molar-refractivity contribution in [3.05, 3.63) is 58.6 Å². The minimum absolute atomic E-state index is 0.0506. The van der Waals surface area contributed by atoms with Gasteiger partial charge in [-0.25, -0.2) is 0 Å². The molecule has 5 rings (SSSR count). The largest absolute Gasteiger partial charge is 0.356 e. The maximum atomic E-state index is 13.0. The first-order valence-corrected chi connectivity index (χ1v) is 10.9. The highest BCUT2D eigenvalue weighted by molar-refractivity contribution is 7.08. The summed E-state index contributed by atoms with van der Waals surface area (Å²) in [6.45, 7) is 0.660. The maximum Gasteiger partial charge on any atom is 0.231 e. The Morgan fingerprint density at radius 3 is 2.86 bits per heavy atom. The summed E-state index contributed by atoms with van der Waals surface area (Å²) in [5, 5.41) is 11.4. The van der Waals surface area contributed by atoms with Crippen molar-refractivity contribution in [2.24, 2.45) is 17.8 Å². The van der Waals surface area contributed by atoms with Crippen molar-refractivity contribution < 1.29 is 9.32 Å². The quantitative estimate of drug-likeness (QED) is 0.678. The van der Waals surface area contributed by atoms with Crippen LogP contribution in [0, 0.1) is 17.8 Å². The molecule has 0 aliphatic heterocycles. The molecule has 5 nitrogen and oxygen atoms in total. The average Bonchev–Trinajstić information content (AvgIpc) is 3.52. The molecule has 2 saturated carbocycles. The third kappa shape index (κ3) is 3.26. The summed E-state index contributed by atoms with van der Waals surface area (Å²) < 4.78 is 5.64. The van der Waals surface area contributed by atoms with Gasteiger partial charge in [-0.2, -0.15) is 16.3 Å². The van der Waals surface area contributed by atoms with E-state index in [1.54, 1.807) is 11.3 Å². The number of thiophene rings is 1. The number of hydrogen-bond acceptors (Lipinski definition) is 5. The van der Waals surface area contributed by atoms with E-state index in [0.29, 0.717) is 30.1 Å². The standard InChI is InChI=1S/C22H23N3O2S/c26-21(23-10-8-14-4-2-1-3-5-14)18-15-6-7-16(12-15)19(18)22-24-20(25-27-22)17-9-11-28-13-17/h1-5,9,11,13,15-16,18-19H,6-8,10,12H2,(H,23,26)/t15-,16+,18-,19-/m0/s1. The molecule has 0 saturated heterocycles. The molecule has 2 aliphatic carbocycles. The minimum atomic E-state index is -0.0506. The summed E-state index contributed by atoms with van der Waals surface area (Å²) in [5.41, 5.74) is 2.22. The highest BCUT2D eigenvalue weighted by Crippen LogP contribution is 2.56. The molecule has 2 fully saturated rings. The van der Waals surface area contributed by atoms with Crippen LogP contribution in [0.1, 0.15) is 36.6 Å². The second-order valence-corrected chi connectivity index (χ2v) is 8.66. The van der Waals surface area contributed by atoms with Crippen LogP contribution in [0.15, 0.2) is 51.7 Å². The number of carbonyl (C=O) groups is 1. The van der Waals surface area contributed by atoms with Gasteiger partial charge in [-0.3, -0.25) is 4.79 Å². The van der Waals surface area contributed by atoms with Crippen molar-refractivity contribution in [3.8, 4) is 11.4 Å². The van der Waals surface area contributed by atoms with E-state index in [9.17, 15) is 4.79 Å². The molecule has 2 aromatic heterocycles. The first-order valence-electron chi connectivity index (χ1n) is 9.97. The van der Waals surface area contributed by atoms with Crippen LogP contribution in [0.2, 0.25) is 0 Å². The van der Waals surface area contributed by atoms with Crippen molar-refractivity contribution >= 4 is 17.2 Å². The summed E-state index contributed by atoms with van der Waals surface area (Å²) in [5.74, 6) is 2.32. The van der Waals surface area contributed by atoms with E-state index >= 15 is 0 Å². The van der Waals surface area contributed by atoms with Gasteiger partial charge in [0.1, 0.15) is 0 Å². The van der Waals surface area contributed by atoms with Gasteiger partial charge in [-0.15, -0.1) is 0 Å². The van der Waals surface area contributed by atoms with Crippen LogP contribution in [0.5, 0.6) is 0 Å². The molecule has 4 atom stereocenters. The highest BCUT2D eigenvalue weighted by atomic mass is 32.1. The highest BCUT2D eigenvalue weighted by Gasteiger charge is 2.53. The van der Waals surface area contributed by atoms with Gasteiger partial charge in [0.05, 0.1) is 11.8 Å². The lowest BCUT2D eigenvalue weighted by atomic mass is 9.78. The lowest BCUT2D eigenvalue weighted by Crippen LogP contribution is -2.38. The molecule has 28 heavy (non-hydrogen) atoms. The Labute approximate surface area is 168 Å². The van der Waals surface area contributed by atoms with E-state index in [2.05, 4.69) is 27.6 Å². The van der Waals surface area contributed by atoms with Crippen LogP contribution in [0.25, 0.3) is 11.4 Å². The van der Waals surface area contributed by atoms with Gasteiger partial charge < -0.3 is 9.84 Å². The molecule has 0 unspecified atom stereocenters. The number of nitrogens with one attached hydrogen (secondary N) is 1. The molecule has 1 amide bonds. The van der Waals surface area contributed by atoms with Gasteiger partial charge in [0, 0.05) is 17.5 Å². The number of benzene rings is 1. The Hall–Kier alpha value is -2.47. The Morgan fingerprint density at radius 1 is 1.18 bits per heavy atom. The minimum Gasteiger partial charge on any atom is -0.356 e. The van der Waals surface area contributed by atoms with Crippen molar-refractivity contribution in [3.63, 3.8) is 0 Å². The van der Waals surface area contributed by atoms with Gasteiger partial charge in [0.15, 0.2) is 0 Å². The average molecular weight is 394 g/mol. The Bertz CT molecular complexity index is 938. The number of aromatic nitrogens is 2. The number of nitrogens with zero attached hydrogens (tertiary/aromatic N) is 2. The smallest absolute Gasteiger partial charge is 0.231 e. The molecule has 0 spiro atoms. The third-order valence-corrected chi connectivity index (χ3v) is 6.96. The van der Waals surface area contributed by atoms with E-state index in [0.717, 1.165) is 31.2 Å². The van der Waals surface area contributed by atoms with Crippen LogP contribution in [0.3, 0.4) is 0 Å². The summed E-state index contributed by atoms with van der Waals surface area (Å²) >= 11 is 1.61. The van der Waals surface area contributed by atoms with E-state index in [4.69, 9.17) is 4.52 Å². The van der Waals surface area contributed by atoms with Gasteiger partial charge >= 0.3 is 0 Å². The molecule has 2 heterocycles. The molecule has 2 bridgehead atoms.